The van der Waals surface area contributed by atoms with Gasteiger partial charge in [0.05, 0.1) is 22.5 Å². The van der Waals surface area contributed by atoms with Crippen LogP contribution in [0.4, 0.5) is 14.6 Å². The van der Waals surface area contributed by atoms with E-state index in [1.165, 1.54) is 31.3 Å². The molecule has 218 valence electrons. The molecule has 0 bridgehead atoms. The van der Waals surface area contributed by atoms with E-state index >= 15 is 4.39 Å². The minimum atomic E-state index is -4.39. The second kappa shape index (κ2) is 10.6. The maximum atomic E-state index is 15.8. The number of aromatic nitrogens is 3. The van der Waals surface area contributed by atoms with Gasteiger partial charge in [-0.15, -0.1) is 0 Å². The van der Waals surface area contributed by atoms with E-state index in [1.54, 1.807) is 16.7 Å². The minimum Gasteiger partial charge on any atom is -0.507 e. The van der Waals surface area contributed by atoms with Crippen LogP contribution < -0.4 is 15.7 Å². The molecular formula is C28H26F2N6O5S. The van der Waals surface area contributed by atoms with E-state index in [9.17, 15) is 27.5 Å². The van der Waals surface area contributed by atoms with Crippen molar-refractivity contribution in [3.63, 3.8) is 0 Å². The Balaban J connectivity index is 1.86. The van der Waals surface area contributed by atoms with Crippen molar-refractivity contribution in [2.24, 2.45) is 5.14 Å². The lowest BCUT2D eigenvalue weighted by Gasteiger charge is -2.40. The molecule has 1 aliphatic heterocycles. The molecule has 1 fully saturated rings. The molecule has 0 spiro atoms. The van der Waals surface area contributed by atoms with E-state index in [4.69, 9.17) is 5.14 Å². The number of primary sulfonamides is 1. The molecule has 11 nitrogen and oxygen atoms in total. The van der Waals surface area contributed by atoms with Crippen molar-refractivity contribution in [3.05, 3.63) is 83.1 Å². The summed E-state index contributed by atoms with van der Waals surface area (Å²) in [6, 6.07) is 6.42. The summed E-state index contributed by atoms with van der Waals surface area (Å²) < 4.78 is 56.7. The van der Waals surface area contributed by atoms with Crippen LogP contribution in [-0.4, -0.2) is 64.5 Å². The summed E-state index contributed by atoms with van der Waals surface area (Å²) in [5.74, 6) is -2.59. The summed E-state index contributed by atoms with van der Waals surface area (Å²) in [5.41, 5.74) is -1.92. The Hall–Kier alpha value is -4.69. The van der Waals surface area contributed by atoms with Gasteiger partial charge in [-0.05, 0) is 50.3 Å². The highest BCUT2D eigenvalue weighted by molar-refractivity contribution is 7.89. The molecule has 3 heterocycles. The van der Waals surface area contributed by atoms with Crippen molar-refractivity contribution in [2.75, 3.05) is 24.5 Å². The van der Waals surface area contributed by atoms with Crippen LogP contribution in [0.15, 0.2) is 64.9 Å². The van der Waals surface area contributed by atoms with Crippen molar-refractivity contribution in [3.8, 4) is 22.6 Å². The molecule has 2 aromatic heterocycles. The van der Waals surface area contributed by atoms with E-state index in [-0.39, 0.29) is 65.2 Å². The predicted octanol–water partition coefficient (Wildman–Crippen LogP) is 2.61. The van der Waals surface area contributed by atoms with Gasteiger partial charge in [0.25, 0.3) is 0 Å². The number of pyridine rings is 1. The summed E-state index contributed by atoms with van der Waals surface area (Å²) in [4.78, 5) is 37.2. The molecule has 0 saturated carbocycles. The van der Waals surface area contributed by atoms with Crippen molar-refractivity contribution in [1.29, 1.82) is 0 Å². The largest absolute Gasteiger partial charge is 0.507 e. The summed E-state index contributed by atoms with van der Waals surface area (Å²) >= 11 is 0. The Morgan fingerprint density at radius 3 is 2.57 bits per heavy atom. The van der Waals surface area contributed by atoms with E-state index in [0.29, 0.717) is 0 Å². The van der Waals surface area contributed by atoms with Gasteiger partial charge in [0, 0.05) is 42.8 Å². The summed E-state index contributed by atoms with van der Waals surface area (Å²) in [6.45, 7) is 7.53. The number of phenolic OH excluding ortho intramolecular Hbond substituents is 1. The molecule has 14 heteroatoms. The third-order valence-corrected chi connectivity index (χ3v) is 8.15. The number of benzene rings is 2. The van der Waals surface area contributed by atoms with Crippen LogP contribution >= 0.6 is 0 Å². The number of sulfonamides is 1. The maximum Gasteiger partial charge on any atom is 0.354 e. The fraction of sp³-hybridized carbons (Fsp3) is 0.214. The lowest BCUT2D eigenvalue weighted by atomic mass is 10.0. The minimum absolute atomic E-state index is 0.0400. The third-order valence-electron chi connectivity index (χ3n) is 7.21. The van der Waals surface area contributed by atoms with Crippen molar-refractivity contribution < 1.29 is 27.1 Å². The SMILES string of the molecule is C=CC(=O)N1CCN(c2nc(=O)n(-c3c(S(N)(=O)=O)ccnc3C)c3cc(-c4c(O)cccc4F)c(F)cc23)[C@@H](C)C1. The van der Waals surface area contributed by atoms with Gasteiger partial charge in [-0.25, -0.2) is 27.1 Å². The first kappa shape index (κ1) is 28.8. The zero-order valence-electron chi connectivity index (χ0n) is 22.6. The first-order valence-electron chi connectivity index (χ1n) is 12.7. The molecule has 4 aromatic rings. The second-order valence-corrected chi connectivity index (χ2v) is 11.4. The Bertz CT molecular complexity index is 1930. The van der Waals surface area contributed by atoms with Gasteiger partial charge in [-0.2, -0.15) is 4.98 Å². The Kier molecular flexibility index (Phi) is 7.28. The van der Waals surface area contributed by atoms with Crippen LogP contribution in [0.25, 0.3) is 27.7 Å². The Labute approximate surface area is 239 Å². The Morgan fingerprint density at radius 2 is 1.93 bits per heavy atom. The number of fused-ring (bicyclic) bond motifs is 1. The van der Waals surface area contributed by atoms with Crippen LogP contribution in [0.2, 0.25) is 0 Å². The molecule has 2 aromatic carbocycles. The highest BCUT2D eigenvalue weighted by atomic mass is 32.2. The van der Waals surface area contributed by atoms with Gasteiger partial charge in [0.15, 0.2) is 0 Å². The Morgan fingerprint density at radius 1 is 1.19 bits per heavy atom. The number of hydrogen-bond donors (Lipinski definition) is 2. The lowest BCUT2D eigenvalue weighted by molar-refractivity contribution is -0.126. The number of nitrogens with zero attached hydrogens (tertiary/aromatic N) is 5. The van der Waals surface area contributed by atoms with Crippen LogP contribution in [-0.2, 0) is 14.8 Å². The van der Waals surface area contributed by atoms with E-state index in [2.05, 4.69) is 16.5 Å². The summed E-state index contributed by atoms with van der Waals surface area (Å²) in [5, 5.41) is 16.0. The van der Waals surface area contributed by atoms with Crippen LogP contribution in [0.3, 0.4) is 0 Å². The zero-order valence-corrected chi connectivity index (χ0v) is 23.4. The van der Waals surface area contributed by atoms with Gasteiger partial charge >= 0.3 is 5.69 Å². The van der Waals surface area contributed by atoms with Crippen LogP contribution in [0.5, 0.6) is 5.75 Å². The van der Waals surface area contributed by atoms with Gasteiger partial charge in [0.1, 0.15) is 28.1 Å². The van der Waals surface area contributed by atoms with Crippen molar-refractivity contribution >= 4 is 32.7 Å². The smallest absolute Gasteiger partial charge is 0.354 e. The third kappa shape index (κ3) is 4.88. The number of amides is 1. The monoisotopic (exact) mass is 596 g/mol. The zero-order chi connectivity index (χ0) is 30.5. The average molecular weight is 597 g/mol. The van der Waals surface area contributed by atoms with Crippen molar-refractivity contribution in [2.45, 2.75) is 24.8 Å². The first-order valence-corrected chi connectivity index (χ1v) is 14.3. The van der Waals surface area contributed by atoms with Gasteiger partial charge in [-0.3, -0.25) is 14.3 Å². The highest BCUT2D eigenvalue weighted by Crippen LogP contribution is 2.38. The number of anilines is 1. The van der Waals surface area contributed by atoms with E-state index in [0.717, 1.165) is 28.8 Å². The average Bonchev–Trinajstić information content (AvgIpc) is 2.92. The number of carbonyl (C=O) groups is 1. The second-order valence-electron chi connectivity index (χ2n) is 9.86. The molecule has 1 saturated heterocycles. The molecular weight excluding hydrogens is 570 g/mol. The van der Waals surface area contributed by atoms with Crippen LogP contribution in [0.1, 0.15) is 12.6 Å². The fourth-order valence-corrected chi connectivity index (χ4v) is 6.03. The van der Waals surface area contributed by atoms with Crippen LogP contribution in [0, 0.1) is 18.6 Å². The van der Waals surface area contributed by atoms with Gasteiger partial charge in [-0.1, -0.05) is 12.6 Å². The lowest BCUT2D eigenvalue weighted by Crippen LogP contribution is -2.54. The number of phenols is 1. The number of hydrogen-bond acceptors (Lipinski definition) is 8. The van der Waals surface area contributed by atoms with Crippen molar-refractivity contribution in [1.82, 2.24) is 19.4 Å². The predicted molar refractivity (Wildman–Crippen MR) is 152 cm³/mol. The molecule has 42 heavy (non-hydrogen) atoms. The quantitative estimate of drug-likeness (QED) is 0.334. The molecule has 0 radical (unpaired) electrons. The molecule has 1 atom stereocenters. The van der Waals surface area contributed by atoms with E-state index < -0.39 is 43.6 Å². The number of aryl methyl sites for hydroxylation is 1. The van der Waals surface area contributed by atoms with Gasteiger partial charge in [0.2, 0.25) is 15.9 Å². The first-order chi connectivity index (χ1) is 19.8. The molecule has 1 aliphatic rings. The molecule has 3 N–H and O–H groups in total. The number of nitrogens with two attached hydrogens (primary N) is 1. The number of aromatic hydroxyl groups is 1. The van der Waals surface area contributed by atoms with Gasteiger partial charge < -0.3 is 14.9 Å². The number of rotatable bonds is 5. The number of piperazine rings is 1. The summed E-state index contributed by atoms with van der Waals surface area (Å²) in [6.07, 6.45) is 2.41. The number of halogens is 2. The van der Waals surface area contributed by atoms with E-state index in [1.807, 2.05) is 0 Å². The molecule has 0 aliphatic carbocycles. The molecule has 0 unspecified atom stereocenters. The topological polar surface area (TPSA) is 152 Å². The fourth-order valence-electron chi connectivity index (χ4n) is 5.27. The standard InChI is InChI=1S/C28H26F2N6O5S/c1-4-24(38)34-10-11-35(15(2)14-34)27-18-12-20(30)17(25-19(29)6-5-7-22(25)37)13-21(18)36(28(39)33-27)26-16(3)32-9-8-23(26)42(31,40)41/h4-9,12-13,15,37H,1,10-11,14H2,2-3H3,(H2,31,40,41)/t15-/m0/s1. The maximum absolute atomic E-state index is 15.8. The normalized spacial score (nSPS) is 15.7. The molecule has 5 rings (SSSR count). The highest BCUT2D eigenvalue weighted by Gasteiger charge is 2.31. The number of carbonyl (C=O) groups excluding carboxylic acids is 1. The molecule has 1 amide bonds. The summed E-state index contributed by atoms with van der Waals surface area (Å²) in [7, 11) is -4.39.